The number of halogens is 2. The molecule has 0 radical (unpaired) electrons. The van der Waals surface area contributed by atoms with Crippen LogP contribution in [0.3, 0.4) is 0 Å². The van der Waals surface area contributed by atoms with Crippen molar-refractivity contribution in [1.29, 1.82) is 0 Å². The number of aliphatic hydroxyl groups is 1. The predicted octanol–water partition coefficient (Wildman–Crippen LogP) is 2.73. The number of hydrogen-bond acceptors (Lipinski definition) is 3. The Bertz CT molecular complexity index is 403. The molecule has 0 unspecified atom stereocenters. The topological polar surface area (TPSA) is 41.5 Å². The van der Waals surface area contributed by atoms with Crippen molar-refractivity contribution in [2.75, 3.05) is 13.2 Å². The highest BCUT2D eigenvalue weighted by atomic mass is 19.3. The minimum atomic E-state index is -2.46. The predicted molar refractivity (Wildman–Crippen MR) is 73.1 cm³/mol. The highest BCUT2D eigenvalue weighted by Gasteiger charge is 2.30. The summed E-state index contributed by atoms with van der Waals surface area (Å²) < 4.78 is 28.9. The standard InChI is InChI=1S/C15H21F2NO2/c16-14(17)10-20-13-5-3-12(4-6-13)9-18-11-15(19)7-1-2-8-15/h3-6,14,18-19H,1-2,7-11H2. The third-order valence-electron chi connectivity index (χ3n) is 3.62. The van der Waals surface area contributed by atoms with E-state index in [0.717, 1.165) is 31.2 Å². The maximum absolute atomic E-state index is 12.0. The molecule has 2 N–H and O–H groups in total. The number of hydrogen-bond donors (Lipinski definition) is 2. The first-order valence-electron chi connectivity index (χ1n) is 7.00. The number of alkyl halides is 2. The summed E-state index contributed by atoms with van der Waals surface area (Å²) in [7, 11) is 0. The highest BCUT2D eigenvalue weighted by molar-refractivity contribution is 5.27. The van der Waals surface area contributed by atoms with E-state index in [-0.39, 0.29) is 0 Å². The molecule has 0 heterocycles. The molecule has 3 nitrogen and oxygen atoms in total. The Morgan fingerprint density at radius 3 is 2.45 bits per heavy atom. The SMILES string of the molecule is OC1(CNCc2ccc(OCC(F)F)cc2)CCCC1. The molecule has 1 aromatic rings. The summed E-state index contributed by atoms with van der Waals surface area (Å²) in [6, 6.07) is 7.05. The van der Waals surface area contributed by atoms with E-state index >= 15 is 0 Å². The molecule has 0 saturated heterocycles. The van der Waals surface area contributed by atoms with Gasteiger partial charge < -0.3 is 15.2 Å². The Morgan fingerprint density at radius 2 is 1.85 bits per heavy atom. The molecule has 5 heteroatoms. The van der Waals surface area contributed by atoms with Gasteiger partial charge in [0.1, 0.15) is 12.4 Å². The third kappa shape index (κ3) is 4.72. The van der Waals surface area contributed by atoms with Gasteiger partial charge in [0.2, 0.25) is 0 Å². The smallest absolute Gasteiger partial charge is 0.272 e. The zero-order valence-corrected chi connectivity index (χ0v) is 11.4. The molecule has 0 aliphatic heterocycles. The Morgan fingerprint density at radius 1 is 1.20 bits per heavy atom. The lowest BCUT2D eigenvalue weighted by Gasteiger charge is -2.22. The lowest BCUT2D eigenvalue weighted by Crippen LogP contribution is -2.37. The third-order valence-corrected chi connectivity index (χ3v) is 3.62. The molecular weight excluding hydrogens is 264 g/mol. The summed E-state index contributed by atoms with van der Waals surface area (Å²) in [5.74, 6) is 0.448. The quantitative estimate of drug-likeness (QED) is 0.809. The van der Waals surface area contributed by atoms with Crippen molar-refractivity contribution in [2.24, 2.45) is 0 Å². The van der Waals surface area contributed by atoms with Crippen molar-refractivity contribution in [1.82, 2.24) is 5.32 Å². The summed E-state index contributed by atoms with van der Waals surface area (Å²) in [5.41, 5.74) is 0.483. The van der Waals surface area contributed by atoms with Crippen LogP contribution in [-0.2, 0) is 6.54 Å². The summed E-state index contributed by atoms with van der Waals surface area (Å²) in [4.78, 5) is 0. The fourth-order valence-corrected chi connectivity index (χ4v) is 2.51. The molecule has 0 spiro atoms. The van der Waals surface area contributed by atoms with E-state index in [1.54, 1.807) is 12.1 Å². The van der Waals surface area contributed by atoms with E-state index in [1.165, 1.54) is 0 Å². The largest absolute Gasteiger partial charge is 0.488 e. The normalized spacial score (nSPS) is 17.6. The summed E-state index contributed by atoms with van der Waals surface area (Å²) in [6.07, 6.45) is 1.45. The van der Waals surface area contributed by atoms with Gasteiger partial charge in [-0.25, -0.2) is 8.78 Å². The average molecular weight is 285 g/mol. The minimum Gasteiger partial charge on any atom is -0.488 e. The van der Waals surface area contributed by atoms with Crippen molar-refractivity contribution in [3.63, 3.8) is 0 Å². The van der Waals surface area contributed by atoms with E-state index in [0.29, 0.717) is 18.8 Å². The van der Waals surface area contributed by atoms with Gasteiger partial charge in [0.15, 0.2) is 0 Å². The molecule has 1 aliphatic rings. The van der Waals surface area contributed by atoms with Crippen LogP contribution in [-0.4, -0.2) is 30.3 Å². The summed E-state index contributed by atoms with van der Waals surface area (Å²) >= 11 is 0. The van der Waals surface area contributed by atoms with Crippen LogP contribution < -0.4 is 10.1 Å². The van der Waals surface area contributed by atoms with Gasteiger partial charge in [-0.05, 0) is 30.5 Å². The maximum atomic E-state index is 12.0. The van der Waals surface area contributed by atoms with Crippen LogP contribution in [0.4, 0.5) is 8.78 Å². The Kier molecular flexibility index (Phi) is 5.31. The molecule has 1 saturated carbocycles. The van der Waals surface area contributed by atoms with Gasteiger partial charge in [-0.3, -0.25) is 0 Å². The zero-order valence-electron chi connectivity index (χ0n) is 11.4. The van der Waals surface area contributed by atoms with Gasteiger partial charge in [-0.15, -0.1) is 0 Å². The second-order valence-electron chi connectivity index (χ2n) is 5.38. The van der Waals surface area contributed by atoms with Crippen LogP contribution in [0.25, 0.3) is 0 Å². The van der Waals surface area contributed by atoms with Crippen molar-refractivity contribution < 1.29 is 18.6 Å². The van der Waals surface area contributed by atoms with Crippen molar-refractivity contribution in [2.45, 2.75) is 44.3 Å². The molecule has 112 valence electrons. The van der Waals surface area contributed by atoms with Crippen LogP contribution in [0.2, 0.25) is 0 Å². The molecule has 20 heavy (non-hydrogen) atoms. The zero-order chi connectivity index (χ0) is 14.4. The van der Waals surface area contributed by atoms with E-state index in [2.05, 4.69) is 5.32 Å². The number of benzene rings is 1. The summed E-state index contributed by atoms with van der Waals surface area (Å²) in [5, 5.41) is 13.4. The van der Waals surface area contributed by atoms with Crippen molar-refractivity contribution in [3.8, 4) is 5.75 Å². The highest BCUT2D eigenvalue weighted by Crippen LogP contribution is 2.28. The van der Waals surface area contributed by atoms with Crippen LogP contribution in [0, 0.1) is 0 Å². The van der Waals surface area contributed by atoms with Crippen molar-refractivity contribution in [3.05, 3.63) is 29.8 Å². The van der Waals surface area contributed by atoms with Crippen LogP contribution in [0.5, 0.6) is 5.75 Å². The molecule has 1 aromatic carbocycles. The summed E-state index contributed by atoms with van der Waals surface area (Å²) in [6.45, 7) is 0.665. The van der Waals surface area contributed by atoms with Gasteiger partial charge in [0.25, 0.3) is 6.43 Å². The van der Waals surface area contributed by atoms with E-state index in [1.807, 2.05) is 12.1 Å². The van der Waals surface area contributed by atoms with Gasteiger partial charge in [0.05, 0.1) is 5.60 Å². The minimum absolute atomic E-state index is 0.448. The molecule has 0 atom stereocenters. The fraction of sp³-hybridized carbons (Fsp3) is 0.600. The second-order valence-corrected chi connectivity index (χ2v) is 5.38. The lowest BCUT2D eigenvalue weighted by molar-refractivity contribution is 0.0475. The first kappa shape index (κ1) is 15.2. The van der Waals surface area contributed by atoms with Crippen molar-refractivity contribution >= 4 is 0 Å². The lowest BCUT2D eigenvalue weighted by atomic mass is 10.0. The van der Waals surface area contributed by atoms with Crippen LogP contribution in [0.1, 0.15) is 31.2 Å². The number of rotatable bonds is 7. The average Bonchev–Trinajstić information content (AvgIpc) is 2.85. The maximum Gasteiger partial charge on any atom is 0.272 e. The Balaban J connectivity index is 1.73. The van der Waals surface area contributed by atoms with Gasteiger partial charge in [-0.1, -0.05) is 25.0 Å². The first-order valence-corrected chi connectivity index (χ1v) is 7.00. The second kappa shape index (κ2) is 6.99. The van der Waals surface area contributed by atoms with E-state index in [9.17, 15) is 13.9 Å². The monoisotopic (exact) mass is 285 g/mol. The fourth-order valence-electron chi connectivity index (χ4n) is 2.51. The van der Waals surface area contributed by atoms with Crippen LogP contribution >= 0.6 is 0 Å². The molecule has 0 aromatic heterocycles. The van der Waals surface area contributed by atoms with Crippen LogP contribution in [0.15, 0.2) is 24.3 Å². The molecule has 1 fully saturated rings. The number of nitrogens with one attached hydrogen (secondary N) is 1. The molecule has 0 amide bonds. The van der Waals surface area contributed by atoms with E-state index < -0.39 is 18.6 Å². The molecule has 1 aliphatic carbocycles. The number of ether oxygens (including phenoxy) is 1. The van der Waals surface area contributed by atoms with Gasteiger partial charge in [-0.2, -0.15) is 0 Å². The van der Waals surface area contributed by atoms with Gasteiger partial charge in [0, 0.05) is 13.1 Å². The Hall–Kier alpha value is -1.20. The van der Waals surface area contributed by atoms with Gasteiger partial charge >= 0.3 is 0 Å². The molecular formula is C15H21F2NO2. The molecule has 2 rings (SSSR count). The first-order chi connectivity index (χ1) is 9.57. The molecule has 0 bridgehead atoms. The van der Waals surface area contributed by atoms with E-state index in [4.69, 9.17) is 4.74 Å². The Labute approximate surface area is 117 Å².